The number of nitrogens with one attached hydrogen (secondary N) is 1. The lowest BCUT2D eigenvalue weighted by Gasteiger charge is -2.30. The highest BCUT2D eigenvalue weighted by molar-refractivity contribution is 7.87. The molecule has 0 aliphatic carbocycles. The third-order valence-electron chi connectivity index (χ3n) is 3.53. The van der Waals surface area contributed by atoms with E-state index in [-0.39, 0.29) is 13.1 Å². The fraction of sp³-hybridized carbons (Fsp3) is 0.917. The number of hydrogen-bond acceptors (Lipinski definition) is 5. The van der Waals surface area contributed by atoms with Crippen LogP contribution in [0, 0.1) is 5.92 Å². The summed E-state index contributed by atoms with van der Waals surface area (Å²) >= 11 is 0. The van der Waals surface area contributed by atoms with Crippen molar-refractivity contribution >= 4 is 16.2 Å². The van der Waals surface area contributed by atoms with Crippen LogP contribution >= 0.6 is 0 Å². The molecule has 0 aromatic carbocycles. The van der Waals surface area contributed by atoms with E-state index in [2.05, 4.69) is 4.72 Å². The van der Waals surface area contributed by atoms with E-state index < -0.39 is 22.1 Å². The summed E-state index contributed by atoms with van der Waals surface area (Å²) in [5.74, 6) is -1.55. The van der Waals surface area contributed by atoms with Crippen LogP contribution in [0.2, 0.25) is 0 Å². The molecule has 8 nitrogen and oxygen atoms in total. The van der Waals surface area contributed by atoms with E-state index in [9.17, 15) is 13.2 Å². The summed E-state index contributed by atoms with van der Waals surface area (Å²) < 4.78 is 32.9. The van der Waals surface area contributed by atoms with Crippen LogP contribution in [0.5, 0.6) is 0 Å². The molecule has 124 valence electrons. The molecule has 0 aromatic rings. The van der Waals surface area contributed by atoms with E-state index in [1.54, 1.807) is 7.11 Å². The molecule has 9 heteroatoms. The zero-order chi connectivity index (χ0) is 15.9. The minimum Gasteiger partial charge on any atom is -0.481 e. The van der Waals surface area contributed by atoms with E-state index in [4.69, 9.17) is 9.84 Å². The van der Waals surface area contributed by atoms with Gasteiger partial charge in [0.2, 0.25) is 0 Å². The first-order valence-corrected chi connectivity index (χ1v) is 8.46. The monoisotopic (exact) mass is 323 g/mol. The second kappa shape index (κ2) is 8.64. The standard InChI is InChI=1S/C12H25N3O5S/c1-14(8-9-20-2)7-5-13-21(18,19)15-6-3-4-11(10-15)12(16)17/h11,13H,3-10H2,1-2H3,(H,16,17). The fourth-order valence-corrected chi connectivity index (χ4v) is 3.46. The lowest BCUT2D eigenvalue weighted by atomic mass is 10.0. The maximum absolute atomic E-state index is 12.1. The van der Waals surface area contributed by atoms with Gasteiger partial charge in [0.1, 0.15) is 0 Å². The second-order valence-electron chi connectivity index (χ2n) is 5.23. The van der Waals surface area contributed by atoms with Crippen LogP contribution in [0.25, 0.3) is 0 Å². The van der Waals surface area contributed by atoms with Crippen molar-refractivity contribution in [2.45, 2.75) is 12.8 Å². The van der Waals surface area contributed by atoms with Gasteiger partial charge in [-0.2, -0.15) is 12.7 Å². The molecule has 1 rings (SSSR count). The molecule has 1 saturated heterocycles. The number of methoxy groups -OCH3 is 1. The van der Waals surface area contributed by atoms with Gasteiger partial charge in [0.05, 0.1) is 12.5 Å². The quantitative estimate of drug-likeness (QED) is 0.576. The summed E-state index contributed by atoms with van der Waals surface area (Å²) in [7, 11) is -0.103. The molecule has 0 amide bonds. The summed E-state index contributed by atoms with van der Waals surface area (Å²) in [5.41, 5.74) is 0. The Hall–Kier alpha value is -0.740. The minimum absolute atomic E-state index is 0.0458. The molecule has 0 aromatic heterocycles. The van der Waals surface area contributed by atoms with E-state index >= 15 is 0 Å². The van der Waals surface area contributed by atoms with E-state index in [1.807, 2.05) is 11.9 Å². The number of aliphatic carboxylic acids is 1. The number of carbonyl (C=O) groups is 1. The van der Waals surface area contributed by atoms with Crippen molar-refractivity contribution in [2.24, 2.45) is 5.92 Å². The lowest BCUT2D eigenvalue weighted by molar-refractivity contribution is -0.142. The van der Waals surface area contributed by atoms with Gasteiger partial charge < -0.3 is 14.7 Å². The van der Waals surface area contributed by atoms with Gasteiger partial charge in [-0.25, -0.2) is 4.72 Å². The normalized spacial score (nSPS) is 20.8. The van der Waals surface area contributed by atoms with Gasteiger partial charge in [0.15, 0.2) is 0 Å². The average Bonchev–Trinajstić information content (AvgIpc) is 2.45. The Balaban J connectivity index is 2.40. The van der Waals surface area contributed by atoms with Crippen LogP contribution < -0.4 is 4.72 Å². The topological polar surface area (TPSA) is 99.2 Å². The largest absolute Gasteiger partial charge is 0.481 e. The Morgan fingerprint density at radius 3 is 2.81 bits per heavy atom. The molecule has 1 fully saturated rings. The smallest absolute Gasteiger partial charge is 0.307 e. The van der Waals surface area contributed by atoms with Crippen molar-refractivity contribution in [3.63, 3.8) is 0 Å². The molecular weight excluding hydrogens is 298 g/mol. The van der Waals surface area contributed by atoms with Crippen molar-refractivity contribution in [3.8, 4) is 0 Å². The number of likely N-dealkylation sites (N-methyl/N-ethyl adjacent to an activating group) is 1. The molecule has 1 heterocycles. The van der Waals surface area contributed by atoms with Crippen LogP contribution in [0.4, 0.5) is 0 Å². The van der Waals surface area contributed by atoms with E-state index in [0.29, 0.717) is 32.5 Å². The van der Waals surface area contributed by atoms with Crippen LogP contribution in [-0.4, -0.2) is 82.2 Å². The van der Waals surface area contributed by atoms with Gasteiger partial charge in [-0.05, 0) is 19.9 Å². The van der Waals surface area contributed by atoms with Crippen LogP contribution in [0.15, 0.2) is 0 Å². The Labute approximate surface area is 126 Å². The van der Waals surface area contributed by atoms with Gasteiger partial charge in [-0.15, -0.1) is 0 Å². The highest BCUT2D eigenvalue weighted by atomic mass is 32.2. The molecular formula is C12H25N3O5S. The maximum atomic E-state index is 12.1. The minimum atomic E-state index is -3.60. The lowest BCUT2D eigenvalue weighted by Crippen LogP contribution is -2.48. The van der Waals surface area contributed by atoms with Crippen LogP contribution in [0.3, 0.4) is 0 Å². The maximum Gasteiger partial charge on any atom is 0.307 e. The van der Waals surface area contributed by atoms with Crippen LogP contribution in [-0.2, 0) is 19.7 Å². The third kappa shape index (κ3) is 6.27. The average molecular weight is 323 g/mol. The molecule has 1 unspecified atom stereocenters. The summed E-state index contributed by atoms with van der Waals surface area (Å²) in [6.07, 6.45) is 1.10. The van der Waals surface area contributed by atoms with Gasteiger partial charge in [0.25, 0.3) is 10.2 Å². The Kier molecular flexibility index (Phi) is 7.53. The van der Waals surface area contributed by atoms with Crippen LogP contribution in [0.1, 0.15) is 12.8 Å². The van der Waals surface area contributed by atoms with Gasteiger partial charge in [-0.1, -0.05) is 0 Å². The number of rotatable bonds is 9. The highest BCUT2D eigenvalue weighted by Gasteiger charge is 2.31. The molecule has 21 heavy (non-hydrogen) atoms. The number of carboxylic acid groups (broad SMARTS) is 1. The molecule has 1 atom stereocenters. The molecule has 1 aliphatic rings. The van der Waals surface area contributed by atoms with Gasteiger partial charge >= 0.3 is 5.97 Å². The van der Waals surface area contributed by atoms with Gasteiger partial charge in [-0.3, -0.25) is 4.79 Å². The zero-order valence-electron chi connectivity index (χ0n) is 12.6. The summed E-state index contributed by atoms with van der Waals surface area (Å²) in [5, 5.41) is 8.99. The number of piperidine rings is 1. The third-order valence-corrected chi connectivity index (χ3v) is 5.11. The highest BCUT2D eigenvalue weighted by Crippen LogP contribution is 2.18. The first kappa shape index (κ1) is 18.3. The van der Waals surface area contributed by atoms with Gasteiger partial charge in [0, 0.05) is 39.8 Å². The van der Waals surface area contributed by atoms with E-state index in [0.717, 1.165) is 6.54 Å². The van der Waals surface area contributed by atoms with Crippen molar-refractivity contribution in [3.05, 3.63) is 0 Å². The Morgan fingerprint density at radius 1 is 1.48 bits per heavy atom. The van der Waals surface area contributed by atoms with Crippen molar-refractivity contribution in [2.75, 3.05) is 53.5 Å². The number of ether oxygens (including phenoxy) is 1. The molecule has 0 bridgehead atoms. The number of carboxylic acids is 1. The molecule has 1 aliphatic heterocycles. The second-order valence-corrected chi connectivity index (χ2v) is 6.99. The Morgan fingerprint density at radius 2 is 2.19 bits per heavy atom. The predicted octanol–water partition coefficient (Wildman–Crippen LogP) is -0.804. The molecule has 2 N–H and O–H groups in total. The summed E-state index contributed by atoms with van der Waals surface area (Å²) in [4.78, 5) is 12.9. The fourth-order valence-electron chi connectivity index (χ4n) is 2.18. The van der Waals surface area contributed by atoms with E-state index in [1.165, 1.54) is 4.31 Å². The summed E-state index contributed by atoms with van der Waals surface area (Å²) in [6, 6.07) is 0. The number of nitrogens with zero attached hydrogens (tertiary/aromatic N) is 2. The first-order valence-electron chi connectivity index (χ1n) is 7.02. The van der Waals surface area contributed by atoms with Crippen molar-refractivity contribution in [1.82, 2.24) is 13.9 Å². The first-order chi connectivity index (χ1) is 9.86. The van der Waals surface area contributed by atoms with Crippen molar-refractivity contribution in [1.29, 1.82) is 0 Å². The molecule has 0 spiro atoms. The zero-order valence-corrected chi connectivity index (χ0v) is 13.4. The molecule has 0 radical (unpaired) electrons. The Bertz CT molecular complexity index is 429. The predicted molar refractivity (Wildman–Crippen MR) is 78.2 cm³/mol. The molecule has 0 saturated carbocycles. The van der Waals surface area contributed by atoms with Crippen molar-refractivity contribution < 1.29 is 23.1 Å². The summed E-state index contributed by atoms with van der Waals surface area (Å²) in [6.45, 7) is 2.59. The SMILES string of the molecule is COCCN(C)CCNS(=O)(=O)N1CCCC(C(=O)O)C1. The number of hydrogen-bond donors (Lipinski definition) is 2.